The van der Waals surface area contributed by atoms with Crippen LogP contribution < -0.4 is 9.47 Å². The van der Waals surface area contributed by atoms with Gasteiger partial charge in [0.1, 0.15) is 17.3 Å². The molecule has 2 N–H and O–H groups in total. The quantitative estimate of drug-likeness (QED) is 0.624. The van der Waals surface area contributed by atoms with Gasteiger partial charge < -0.3 is 19.6 Å². The zero-order chi connectivity index (χ0) is 19.4. The van der Waals surface area contributed by atoms with Crippen molar-refractivity contribution in [1.29, 1.82) is 0 Å². The SMILES string of the molecule is CCOc1ccc(O[C@H](C)C(=O)N=Nc2c(O)[nH]c3cc(F)ccc23)cc1. The Morgan fingerprint density at radius 1 is 1.22 bits per heavy atom. The number of H-pyrrole nitrogens is 1. The second kappa shape index (κ2) is 7.86. The summed E-state index contributed by atoms with van der Waals surface area (Å²) in [6, 6.07) is 10.7. The normalized spacial score (nSPS) is 12.4. The summed E-state index contributed by atoms with van der Waals surface area (Å²) >= 11 is 0. The molecule has 3 rings (SSSR count). The summed E-state index contributed by atoms with van der Waals surface area (Å²) in [6.07, 6.45) is -0.878. The second-order valence-corrected chi connectivity index (χ2v) is 5.71. The van der Waals surface area contributed by atoms with E-state index in [1.54, 1.807) is 31.2 Å². The fraction of sp³-hybridized carbons (Fsp3) is 0.211. The number of amides is 1. The minimum absolute atomic E-state index is 0.0617. The number of nitrogens with one attached hydrogen (secondary N) is 1. The Hall–Kier alpha value is -3.42. The third-order valence-corrected chi connectivity index (χ3v) is 3.76. The van der Waals surface area contributed by atoms with Crippen molar-refractivity contribution in [3.05, 3.63) is 48.3 Å². The summed E-state index contributed by atoms with van der Waals surface area (Å²) in [5.74, 6) is -0.192. The monoisotopic (exact) mass is 371 g/mol. The maximum atomic E-state index is 13.2. The highest BCUT2D eigenvalue weighted by Gasteiger charge is 2.16. The summed E-state index contributed by atoms with van der Waals surface area (Å²) in [5, 5.41) is 17.7. The molecule has 0 bridgehead atoms. The van der Waals surface area contributed by atoms with Gasteiger partial charge in [0.05, 0.1) is 12.1 Å². The Bertz CT molecular complexity index is 983. The van der Waals surface area contributed by atoms with Gasteiger partial charge in [0.2, 0.25) is 5.88 Å². The van der Waals surface area contributed by atoms with Crippen LogP contribution >= 0.6 is 0 Å². The molecular weight excluding hydrogens is 353 g/mol. The van der Waals surface area contributed by atoms with E-state index in [0.717, 1.165) is 0 Å². The average Bonchev–Trinajstić information content (AvgIpc) is 2.95. The molecule has 0 spiro atoms. The van der Waals surface area contributed by atoms with Crippen LogP contribution in [0.1, 0.15) is 13.8 Å². The summed E-state index contributed by atoms with van der Waals surface area (Å²) < 4.78 is 24.1. The summed E-state index contributed by atoms with van der Waals surface area (Å²) in [4.78, 5) is 14.7. The second-order valence-electron chi connectivity index (χ2n) is 5.71. The minimum atomic E-state index is -0.878. The fourth-order valence-electron chi connectivity index (χ4n) is 2.46. The first kappa shape index (κ1) is 18.4. The summed E-state index contributed by atoms with van der Waals surface area (Å²) in [7, 11) is 0. The number of rotatable bonds is 6. The molecule has 0 saturated heterocycles. The Balaban J connectivity index is 1.70. The maximum absolute atomic E-state index is 13.2. The van der Waals surface area contributed by atoms with E-state index in [1.165, 1.54) is 18.2 Å². The number of nitrogens with zero attached hydrogens (tertiary/aromatic N) is 2. The van der Waals surface area contributed by atoms with Gasteiger partial charge in [-0.15, -0.1) is 10.2 Å². The largest absolute Gasteiger partial charge is 0.494 e. The molecule has 1 heterocycles. The molecule has 7 nitrogen and oxygen atoms in total. The van der Waals surface area contributed by atoms with E-state index in [9.17, 15) is 14.3 Å². The van der Waals surface area contributed by atoms with Gasteiger partial charge in [-0.2, -0.15) is 0 Å². The summed E-state index contributed by atoms with van der Waals surface area (Å²) in [6.45, 7) is 3.99. The van der Waals surface area contributed by atoms with Gasteiger partial charge >= 0.3 is 5.91 Å². The number of hydrogen-bond acceptors (Lipinski definition) is 5. The van der Waals surface area contributed by atoms with E-state index in [-0.39, 0.29) is 11.6 Å². The molecule has 0 aliphatic rings. The first-order chi connectivity index (χ1) is 13.0. The smallest absolute Gasteiger partial charge is 0.304 e. The number of aromatic hydroxyl groups is 1. The highest BCUT2D eigenvalue weighted by atomic mass is 19.1. The van der Waals surface area contributed by atoms with Gasteiger partial charge in [-0.05, 0) is 56.3 Å². The van der Waals surface area contributed by atoms with Crippen LogP contribution in [0.15, 0.2) is 52.7 Å². The van der Waals surface area contributed by atoms with Crippen molar-refractivity contribution in [3.63, 3.8) is 0 Å². The van der Waals surface area contributed by atoms with E-state index in [4.69, 9.17) is 9.47 Å². The van der Waals surface area contributed by atoms with Crippen LogP contribution in [0, 0.1) is 5.82 Å². The highest BCUT2D eigenvalue weighted by molar-refractivity contribution is 5.94. The van der Waals surface area contributed by atoms with Crippen molar-refractivity contribution in [3.8, 4) is 17.4 Å². The van der Waals surface area contributed by atoms with Gasteiger partial charge in [0.15, 0.2) is 11.8 Å². The van der Waals surface area contributed by atoms with Gasteiger partial charge in [0, 0.05) is 5.39 Å². The third-order valence-electron chi connectivity index (χ3n) is 3.76. The van der Waals surface area contributed by atoms with Crippen LogP contribution in [0.5, 0.6) is 17.4 Å². The van der Waals surface area contributed by atoms with Crippen LogP contribution in [-0.4, -0.2) is 28.7 Å². The van der Waals surface area contributed by atoms with Crippen LogP contribution in [-0.2, 0) is 4.79 Å². The van der Waals surface area contributed by atoms with Gasteiger partial charge in [-0.1, -0.05) is 0 Å². The molecule has 1 amide bonds. The standard InChI is InChI=1S/C19H18FN3O4/c1-3-26-13-5-7-14(8-6-13)27-11(2)18(24)23-22-17-15-9-4-12(20)10-16(15)21-19(17)25/h4-11,21,25H,3H2,1-2H3/t11-/m1/s1. The van der Waals surface area contributed by atoms with Crippen LogP contribution in [0.4, 0.5) is 10.1 Å². The predicted octanol–water partition coefficient (Wildman–Crippen LogP) is 4.49. The maximum Gasteiger partial charge on any atom is 0.304 e. The molecule has 0 fully saturated rings. The molecule has 0 saturated carbocycles. The Morgan fingerprint density at radius 2 is 1.93 bits per heavy atom. The zero-order valence-corrected chi connectivity index (χ0v) is 14.8. The van der Waals surface area contributed by atoms with E-state index in [2.05, 4.69) is 15.2 Å². The molecule has 1 aromatic heterocycles. The topological polar surface area (TPSA) is 96.3 Å². The van der Waals surface area contributed by atoms with Crippen molar-refractivity contribution in [2.45, 2.75) is 20.0 Å². The van der Waals surface area contributed by atoms with Gasteiger partial charge in [-0.3, -0.25) is 4.79 Å². The minimum Gasteiger partial charge on any atom is -0.494 e. The number of benzene rings is 2. The van der Waals surface area contributed by atoms with Crippen LogP contribution in [0.2, 0.25) is 0 Å². The fourth-order valence-corrected chi connectivity index (χ4v) is 2.46. The Kier molecular flexibility index (Phi) is 5.35. The van der Waals surface area contributed by atoms with Gasteiger partial charge in [-0.25, -0.2) is 4.39 Å². The van der Waals surface area contributed by atoms with Crippen LogP contribution in [0.3, 0.4) is 0 Å². The molecule has 0 radical (unpaired) electrons. The Labute approximate surface area is 154 Å². The number of carbonyl (C=O) groups is 1. The number of azo groups is 1. The third kappa shape index (κ3) is 4.22. The number of fused-ring (bicyclic) bond motifs is 1. The molecule has 2 aromatic carbocycles. The average molecular weight is 371 g/mol. The Morgan fingerprint density at radius 3 is 2.63 bits per heavy atom. The molecule has 1 atom stereocenters. The number of ether oxygens (including phenoxy) is 2. The predicted molar refractivity (Wildman–Crippen MR) is 97.1 cm³/mol. The van der Waals surface area contributed by atoms with E-state index in [0.29, 0.717) is 29.0 Å². The highest BCUT2D eigenvalue weighted by Crippen LogP contribution is 2.35. The van der Waals surface area contributed by atoms with Crippen LogP contribution in [0.25, 0.3) is 10.9 Å². The van der Waals surface area contributed by atoms with Crippen molar-refractivity contribution in [2.75, 3.05) is 6.61 Å². The van der Waals surface area contributed by atoms with Gasteiger partial charge in [0.25, 0.3) is 0 Å². The number of aromatic nitrogens is 1. The van der Waals surface area contributed by atoms with E-state index in [1.807, 2.05) is 6.92 Å². The van der Waals surface area contributed by atoms with Crippen molar-refractivity contribution in [2.24, 2.45) is 10.2 Å². The molecule has 0 unspecified atom stereocenters. The number of carbonyl (C=O) groups excluding carboxylic acids is 1. The van der Waals surface area contributed by atoms with Crippen molar-refractivity contribution in [1.82, 2.24) is 4.98 Å². The van der Waals surface area contributed by atoms with E-state index < -0.39 is 17.8 Å². The molecule has 27 heavy (non-hydrogen) atoms. The number of hydrogen-bond donors (Lipinski definition) is 2. The van der Waals surface area contributed by atoms with Crippen molar-refractivity contribution < 1.29 is 23.8 Å². The lowest BCUT2D eigenvalue weighted by atomic mass is 10.2. The molecule has 3 aromatic rings. The van der Waals surface area contributed by atoms with Crippen molar-refractivity contribution >= 4 is 22.5 Å². The first-order valence-electron chi connectivity index (χ1n) is 8.33. The summed E-state index contributed by atoms with van der Waals surface area (Å²) in [5.41, 5.74) is 0.416. The molecule has 0 aliphatic heterocycles. The lowest BCUT2D eigenvalue weighted by molar-refractivity contribution is -0.124. The molecule has 0 aliphatic carbocycles. The lowest BCUT2D eigenvalue weighted by Crippen LogP contribution is -2.21. The molecule has 8 heteroatoms. The lowest BCUT2D eigenvalue weighted by Gasteiger charge is -2.11. The number of aromatic amines is 1. The molecular formula is C19H18FN3O4. The van der Waals surface area contributed by atoms with E-state index >= 15 is 0 Å². The zero-order valence-electron chi connectivity index (χ0n) is 14.8. The first-order valence-corrected chi connectivity index (χ1v) is 8.33. The molecule has 140 valence electrons. The number of halogens is 1.